The Morgan fingerprint density at radius 3 is 1.87 bits per heavy atom. The Kier molecular flexibility index (Phi) is 13.1. The Balaban J connectivity index is 0.00000623. The van der Waals surface area contributed by atoms with Gasteiger partial charge in [0.1, 0.15) is 5.82 Å². The number of para-hydroxylation sites is 3. The van der Waals surface area contributed by atoms with Crippen LogP contribution >= 0.6 is 11.3 Å². The summed E-state index contributed by atoms with van der Waals surface area (Å²) in [6.07, 6.45) is 1.94. The van der Waals surface area contributed by atoms with Crippen LogP contribution in [-0.4, -0.2) is 9.55 Å². The van der Waals surface area contributed by atoms with Gasteiger partial charge in [-0.05, 0) is 102 Å². The molecule has 4 heterocycles. The van der Waals surface area contributed by atoms with E-state index in [9.17, 15) is 0 Å². The van der Waals surface area contributed by atoms with Gasteiger partial charge in [-0.3, -0.25) is 0 Å². The van der Waals surface area contributed by atoms with Crippen molar-refractivity contribution in [2.75, 3.05) is 9.80 Å². The third-order valence-electron chi connectivity index (χ3n) is 15.4. The Bertz CT molecular complexity index is 4270. The molecule has 12 aromatic rings. The minimum atomic E-state index is -0.0688. The molecule has 0 spiro atoms. The van der Waals surface area contributed by atoms with Gasteiger partial charge in [-0.2, -0.15) is 12.1 Å². The zero-order valence-electron chi connectivity index (χ0n) is 46.1. The molecule has 3 aromatic heterocycles. The third kappa shape index (κ3) is 9.43. The van der Waals surface area contributed by atoms with Crippen molar-refractivity contribution in [3.63, 3.8) is 0 Å². The molecule has 0 radical (unpaired) electrons. The maximum absolute atomic E-state index is 6.87. The molecule has 0 saturated heterocycles. The van der Waals surface area contributed by atoms with E-state index in [4.69, 9.17) is 9.72 Å². The van der Waals surface area contributed by atoms with Crippen molar-refractivity contribution in [3.05, 3.63) is 236 Å². The first-order chi connectivity index (χ1) is 37.5. The SMILES string of the molecule is CC(C)(C)c1cc(-c2cccc(-c3cccc(-c4ccccc4)c3)c2N2[CH-]N(c3[c-]c(Oc4[c-]c5c(cc4)c4sc6ccc7ccccc7c6c4n5-c4cc(C(C)(C)C)ccn4)ccc3)c3ccccc32)cc(C(C)(C)C)c1.[Pt]. The van der Waals surface area contributed by atoms with Gasteiger partial charge in [0.25, 0.3) is 0 Å². The smallest absolute Gasteiger partial charge is 0.135 e. The Hall–Kier alpha value is -7.76. The quantitative estimate of drug-likeness (QED) is 0.142. The monoisotopic (exact) mass is 1220 g/mol. The molecule has 79 heavy (non-hydrogen) atoms. The molecule has 5 nitrogen and oxygen atoms in total. The molecule has 7 heteroatoms. The fourth-order valence-electron chi connectivity index (χ4n) is 11.1. The normalized spacial score (nSPS) is 12.9. The average Bonchev–Trinajstić information content (AvgIpc) is 3.27. The molecule has 394 valence electrons. The number of nitrogens with zero attached hydrogens (tertiary/aromatic N) is 4. The molecule has 0 aliphatic carbocycles. The van der Waals surface area contributed by atoms with Crippen LogP contribution in [0.5, 0.6) is 11.5 Å². The van der Waals surface area contributed by atoms with E-state index in [0.29, 0.717) is 11.5 Å². The Labute approximate surface area is 483 Å². The van der Waals surface area contributed by atoms with Crippen LogP contribution in [0.4, 0.5) is 22.7 Å². The van der Waals surface area contributed by atoms with Gasteiger partial charge in [0.2, 0.25) is 0 Å². The molecule has 0 bridgehead atoms. The van der Waals surface area contributed by atoms with Crippen LogP contribution in [0.1, 0.15) is 79.0 Å². The van der Waals surface area contributed by atoms with Crippen LogP contribution in [-0.2, 0) is 37.3 Å². The molecule has 1 aliphatic heterocycles. The van der Waals surface area contributed by atoms with Gasteiger partial charge < -0.3 is 19.1 Å². The van der Waals surface area contributed by atoms with E-state index in [1.165, 1.54) is 58.9 Å². The predicted molar refractivity (Wildman–Crippen MR) is 330 cm³/mol. The number of ether oxygens (including phenoxy) is 1. The summed E-state index contributed by atoms with van der Waals surface area (Å²) in [6.45, 7) is 22.8. The first-order valence-corrected chi connectivity index (χ1v) is 27.8. The zero-order valence-corrected chi connectivity index (χ0v) is 49.1. The van der Waals surface area contributed by atoms with Gasteiger partial charge >= 0.3 is 0 Å². The van der Waals surface area contributed by atoms with E-state index >= 15 is 0 Å². The molecule has 0 fully saturated rings. The number of fused-ring (bicyclic) bond motifs is 8. The summed E-state index contributed by atoms with van der Waals surface area (Å²) in [4.78, 5) is 9.68. The predicted octanol–water partition coefficient (Wildman–Crippen LogP) is 20.2. The Morgan fingerprint density at radius 1 is 0.494 bits per heavy atom. The molecule has 9 aromatic carbocycles. The van der Waals surface area contributed by atoms with Gasteiger partial charge in [0.15, 0.2) is 0 Å². The third-order valence-corrected chi connectivity index (χ3v) is 16.6. The number of thiophene rings is 1. The number of aromatic nitrogens is 2. The summed E-state index contributed by atoms with van der Waals surface area (Å²) in [5.41, 5.74) is 16.7. The van der Waals surface area contributed by atoms with Gasteiger partial charge in [0, 0.05) is 81.7 Å². The van der Waals surface area contributed by atoms with E-state index < -0.39 is 0 Å². The van der Waals surface area contributed by atoms with E-state index in [-0.39, 0.29) is 37.3 Å². The van der Waals surface area contributed by atoms with Crippen molar-refractivity contribution in [2.24, 2.45) is 0 Å². The molecule has 1 aliphatic rings. The van der Waals surface area contributed by atoms with Crippen molar-refractivity contribution >= 4 is 76.1 Å². The van der Waals surface area contributed by atoms with Gasteiger partial charge in [-0.15, -0.1) is 54.0 Å². The summed E-state index contributed by atoms with van der Waals surface area (Å²) >= 11 is 1.82. The topological polar surface area (TPSA) is 33.5 Å². The summed E-state index contributed by atoms with van der Waals surface area (Å²) < 4.78 is 11.6. The molecule has 0 saturated carbocycles. The van der Waals surface area contributed by atoms with E-state index in [1.807, 2.05) is 29.7 Å². The van der Waals surface area contributed by atoms with Crippen molar-refractivity contribution in [2.45, 2.75) is 78.6 Å². The van der Waals surface area contributed by atoms with Crippen LogP contribution in [0.25, 0.3) is 81.2 Å². The van der Waals surface area contributed by atoms with Crippen molar-refractivity contribution in [3.8, 4) is 50.7 Å². The van der Waals surface area contributed by atoms with Crippen LogP contribution in [0.3, 0.4) is 0 Å². The second-order valence-corrected chi connectivity index (χ2v) is 24.9. The minimum absolute atomic E-state index is 0. The molecular weight excluding hydrogens is 1160 g/mol. The largest absolute Gasteiger partial charge is 0.509 e. The Morgan fingerprint density at radius 2 is 1.13 bits per heavy atom. The van der Waals surface area contributed by atoms with Crippen LogP contribution in [0.2, 0.25) is 0 Å². The van der Waals surface area contributed by atoms with E-state index in [1.54, 1.807) is 0 Å². The molecule has 0 N–H and O–H groups in total. The minimum Gasteiger partial charge on any atom is -0.509 e. The van der Waals surface area contributed by atoms with Crippen molar-refractivity contribution < 1.29 is 25.8 Å². The first-order valence-electron chi connectivity index (χ1n) is 27.0. The molecule has 0 amide bonds. The number of hydrogen-bond acceptors (Lipinski definition) is 5. The molecule has 0 unspecified atom stereocenters. The summed E-state index contributed by atoms with van der Waals surface area (Å²) in [7, 11) is 0. The number of benzene rings is 9. The standard InChI is InChI=1S/C72H61N4OS.Pt/c1-70(2,3)51-36-37-73-65(42-51)76-63-44-56(33-34-60(63)69-68(76)66-57-27-14-13-22-47(57)32-35-64(66)78-69)77-55-26-18-25-54(43-55)74-45-75(62-31-16-15-30-61(62)74)67-58(49-24-17-23-48(38-49)46-20-11-10-12-21-46)28-19-29-59(67)50-39-52(71(4,5)6)41-53(40-50)72(7,8)9;/h10-42,45H,1-9H3;/q-3;. The summed E-state index contributed by atoms with van der Waals surface area (Å²) in [5.74, 6) is 2.04. The second kappa shape index (κ2) is 19.9. The van der Waals surface area contributed by atoms with E-state index in [2.05, 4.69) is 277 Å². The molecular formula is C72H61N4OPtS-3. The van der Waals surface area contributed by atoms with Crippen molar-refractivity contribution in [1.82, 2.24) is 9.55 Å². The maximum Gasteiger partial charge on any atom is 0.135 e. The molecule has 0 atom stereocenters. The van der Waals surface area contributed by atoms with Gasteiger partial charge in [-0.1, -0.05) is 201 Å². The summed E-state index contributed by atoms with van der Waals surface area (Å²) in [5, 5.41) is 4.77. The second-order valence-electron chi connectivity index (χ2n) is 23.8. The maximum atomic E-state index is 6.87. The van der Waals surface area contributed by atoms with Crippen LogP contribution in [0.15, 0.2) is 200 Å². The number of rotatable bonds is 8. The fourth-order valence-corrected chi connectivity index (χ4v) is 12.4. The van der Waals surface area contributed by atoms with E-state index in [0.717, 1.165) is 61.7 Å². The number of anilines is 4. The van der Waals surface area contributed by atoms with Gasteiger partial charge in [-0.25, -0.2) is 4.98 Å². The van der Waals surface area contributed by atoms with Gasteiger partial charge in [0.05, 0.1) is 5.52 Å². The van der Waals surface area contributed by atoms with Crippen LogP contribution < -0.4 is 14.5 Å². The van der Waals surface area contributed by atoms with Crippen molar-refractivity contribution in [1.29, 1.82) is 0 Å². The zero-order chi connectivity index (χ0) is 53.7. The number of hydrogen-bond donors (Lipinski definition) is 0. The number of pyridine rings is 1. The van der Waals surface area contributed by atoms with Crippen LogP contribution in [0, 0.1) is 18.8 Å². The molecule has 13 rings (SSSR count). The first kappa shape index (κ1) is 52.0. The fraction of sp³-hybridized carbons (Fsp3) is 0.167. The summed E-state index contributed by atoms with van der Waals surface area (Å²) in [6, 6.07) is 77.6. The average molecular weight is 1230 g/mol.